The zero-order chi connectivity index (χ0) is 16.2. The van der Waals surface area contributed by atoms with Gasteiger partial charge in [0.05, 0.1) is 28.7 Å². The Morgan fingerprint density at radius 1 is 1.22 bits per heavy atom. The van der Waals surface area contributed by atoms with Gasteiger partial charge in [-0.1, -0.05) is 0 Å². The second-order valence-corrected chi connectivity index (χ2v) is 6.04. The molecule has 23 heavy (non-hydrogen) atoms. The average molecular weight is 332 g/mol. The van der Waals surface area contributed by atoms with Gasteiger partial charge in [0.1, 0.15) is 0 Å². The molecule has 7 nitrogen and oxygen atoms in total. The summed E-state index contributed by atoms with van der Waals surface area (Å²) in [7, 11) is 0. The molecule has 1 aliphatic rings. The Kier molecular flexibility index (Phi) is 4.54. The number of thiophene rings is 1. The van der Waals surface area contributed by atoms with Crippen LogP contribution in [0.4, 0.5) is 11.5 Å². The summed E-state index contributed by atoms with van der Waals surface area (Å²) >= 11 is 1.07. The van der Waals surface area contributed by atoms with Gasteiger partial charge in [-0.3, -0.25) is 9.59 Å². The molecule has 0 aliphatic carbocycles. The zero-order valence-electron chi connectivity index (χ0n) is 12.3. The number of ether oxygens (including phenoxy) is 1. The van der Waals surface area contributed by atoms with E-state index in [-0.39, 0.29) is 5.91 Å². The van der Waals surface area contributed by atoms with Crippen molar-refractivity contribution in [2.24, 2.45) is 5.73 Å². The lowest BCUT2D eigenvalue weighted by Crippen LogP contribution is -2.37. The van der Waals surface area contributed by atoms with Gasteiger partial charge in [0.25, 0.3) is 11.8 Å². The van der Waals surface area contributed by atoms with Gasteiger partial charge in [-0.2, -0.15) is 0 Å². The van der Waals surface area contributed by atoms with Crippen LogP contribution in [0.2, 0.25) is 0 Å². The third-order valence-electron chi connectivity index (χ3n) is 3.42. The van der Waals surface area contributed by atoms with Gasteiger partial charge in [-0.25, -0.2) is 4.98 Å². The van der Waals surface area contributed by atoms with E-state index in [2.05, 4.69) is 15.2 Å². The van der Waals surface area contributed by atoms with Gasteiger partial charge in [0, 0.05) is 19.3 Å². The smallest absolute Gasteiger partial charge is 0.265 e. The minimum Gasteiger partial charge on any atom is -0.378 e. The van der Waals surface area contributed by atoms with Gasteiger partial charge in [0.15, 0.2) is 5.82 Å². The molecule has 3 heterocycles. The first kappa shape index (κ1) is 15.4. The number of hydrogen-bond donors (Lipinski definition) is 2. The zero-order valence-corrected chi connectivity index (χ0v) is 13.1. The molecule has 2 aromatic heterocycles. The summed E-state index contributed by atoms with van der Waals surface area (Å²) in [5, 5.41) is 2.85. The first-order chi connectivity index (χ1) is 11.1. The number of rotatable bonds is 4. The largest absolute Gasteiger partial charge is 0.378 e. The quantitative estimate of drug-likeness (QED) is 0.880. The molecule has 0 bridgehead atoms. The molecule has 120 valence electrons. The maximum Gasteiger partial charge on any atom is 0.265 e. The van der Waals surface area contributed by atoms with E-state index in [9.17, 15) is 9.59 Å². The molecule has 1 saturated heterocycles. The molecule has 1 aliphatic heterocycles. The number of anilines is 2. The summed E-state index contributed by atoms with van der Waals surface area (Å²) in [6.45, 7) is 2.73. The lowest BCUT2D eigenvalue weighted by Gasteiger charge is -2.29. The van der Waals surface area contributed by atoms with E-state index in [0.29, 0.717) is 28.7 Å². The van der Waals surface area contributed by atoms with E-state index in [0.717, 1.165) is 30.2 Å². The molecule has 1 fully saturated rings. The topological polar surface area (TPSA) is 97.5 Å². The number of aromatic nitrogens is 1. The number of carbonyl (C=O) groups excluding carboxylic acids is 2. The Labute approximate surface area is 137 Å². The fraction of sp³-hybridized carbons (Fsp3) is 0.267. The third-order valence-corrected chi connectivity index (χ3v) is 4.52. The first-order valence-corrected chi connectivity index (χ1v) is 7.95. The highest BCUT2D eigenvalue weighted by atomic mass is 32.1. The summed E-state index contributed by atoms with van der Waals surface area (Å²) in [6.07, 6.45) is 1.69. The van der Waals surface area contributed by atoms with Crippen LogP contribution in [-0.2, 0) is 4.74 Å². The lowest BCUT2D eigenvalue weighted by atomic mass is 10.3. The fourth-order valence-electron chi connectivity index (χ4n) is 2.30. The third kappa shape index (κ3) is 3.49. The van der Waals surface area contributed by atoms with Gasteiger partial charge < -0.3 is 20.7 Å². The van der Waals surface area contributed by atoms with Crippen molar-refractivity contribution < 1.29 is 14.3 Å². The van der Waals surface area contributed by atoms with Crippen molar-refractivity contribution in [3.8, 4) is 0 Å². The van der Waals surface area contributed by atoms with Crippen LogP contribution in [0.25, 0.3) is 0 Å². The van der Waals surface area contributed by atoms with E-state index in [1.807, 2.05) is 0 Å². The second kappa shape index (κ2) is 6.76. The minimum atomic E-state index is -0.538. The van der Waals surface area contributed by atoms with Crippen molar-refractivity contribution in [3.63, 3.8) is 0 Å². The first-order valence-electron chi connectivity index (χ1n) is 7.14. The van der Waals surface area contributed by atoms with Crippen LogP contribution in [0.15, 0.2) is 30.5 Å². The van der Waals surface area contributed by atoms with E-state index in [4.69, 9.17) is 10.5 Å². The molecular formula is C15H16N4O3S. The highest BCUT2D eigenvalue weighted by molar-refractivity contribution is 7.16. The molecular weight excluding hydrogens is 316 g/mol. The molecule has 0 aromatic carbocycles. The maximum atomic E-state index is 12.4. The standard InChI is InChI=1S/C15H16N4O3S/c16-13(20)11-3-4-12(23-11)15(21)18-10-2-1-5-17-14(10)19-6-8-22-9-7-19/h1-5H,6-9H2,(H2,16,20)(H,18,21). The average Bonchev–Trinajstić information content (AvgIpc) is 3.07. The molecule has 0 radical (unpaired) electrons. The summed E-state index contributed by atoms with van der Waals surface area (Å²) in [5.41, 5.74) is 5.85. The number of nitrogens with two attached hydrogens (primary N) is 1. The van der Waals surface area contributed by atoms with Crippen LogP contribution in [-0.4, -0.2) is 43.1 Å². The number of morpholine rings is 1. The van der Waals surface area contributed by atoms with Crippen LogP contribution in [0, 0.1) is 0 Å². The van der Waals surface area contributed by atoms with Crippen molar-refractivity contribution in [3.05, 3.63) is 40.2 Å². The van der Waals surface area contributed by atoms with Crippen molar-refractivity contribution in [2.45, 2.75) is 0 Å². The SMILES string of the molecule is NC(=O)c1ccc(C(=O)Nc2cccnc2N2CCOCC2)s1. The fourth-order valence-corrected chi connectivity index (χ4v) is 3.05. The van der Waals surface area contributed by atoms with Gasteiger partial charge in [-0.05, 0) is 24.3 Å². The number of primary amides is 1. The van der Waals surface area contributed by atoms with Crippen LogP contribution in [0.1, 0.15) is 19.3 Å². The Balaban J connectivity index is 1.79. The number of nitrogens with zero attached hydrogens (tertiary/aromatic N) is 2. The van der Waals surface area contributed by atoms with Crippen LogP contribution >= 0.6 is 11.3 Å². The number of nitrogens with one attached hydrogen (secondary N) is 1. The van der Waals surface area contributed by atoms with Crippen LogP contribution < -0.4 is 16.0 Å². The second-order valence-electron chi connectivity index (χ2n) is 4.96. The highest BCUT2D eigenvalue weighted by Gasteiger charge is 2.18. The molecule has 8 heteroatoms. The molecule has 3 rings (SSSR count). The molecule has 0 atom stereocenters. The molecule has 0 unspecified atom stereocenters. The number of carbonyl (C=O) groups is 2. The Hall–Kier alpha value is -2.45. The van der Waals surface area contributed by atoms with Crippen molar-refractivity contribution in [1.29, 1.82) is 0 Å². The van der Waals surface area contributed by atoms with Gasteiger partial charge >= 0.3 is 0 Å². The van der Waals surface area contributed by atoms with Gasteiger partial charge in [-0.15, -0.1) is 11.3 Å². The Bertz CT molecular complexity index is 725. The van der Waals surface area contributed by atoms with Gasteiger partial charge in [0.2, 0.25) is 0 Å². The number of amides is 2. The maximum absolute atomic E-state index is 12.4. The summed E-state index contributed by atoms with van der Waals surface area (Å²) in [4.78, 5) is 30.7. The molecule has 2 amide bonds. The van der Waals surface area contributed by atoms with E-state index < -0.39 is 5.91 Å². The van der Waals surface area contributed by atoms with E-state index in [1.54, 1.807) is 30.5 Å². The predicted octanol–water partition coefficient (Wildman–Crippen LogP) is 1.33. The summed E-state index contributed by atoms with van der Waals surface area (Å²) in [5.74, 6) is -0.106. The van der Waals surface area contributed by atoms with Crippen molar-refractivity contribution in [1.82, 2.24) is 4.98 Å². The number of pyridine rings is 1. The van der Waals surface area contributed by atoms with Crippen LogP contribution in [0.3, 0.4) is 0 Å². The molecule has 0 spiro atoms. The van der Waals surface area contributed by atoms with E-state index in [1.165, 1.54) is 0 Å². The van der Waals surface area contributed by atoms with Crippen molar-refractivity contribution >= 4 is 34.7 Å². The van der Waals surface area contributed by atoms with Crippen LogP contribution in [0.5, 0.6) is 0 Å². The van der Waals surface area contributed by atoms with Crippen molar-refractivity contribution in [2.75, 3.05) is 36.5 Å². The molecule has 3 N–H and O–H groups in total. The summed E-state index contributed by atoms with van der Waals surface area (Å²) in [6, 6.07) is 6.71. The Morgan fingerprint density at radius 3 is 2.65 bits per heavy atom. The van der Waals surface area contributed by atoms with E-state index >= 15 is 0 Å². The predicted molar refractivity (Wildman–Crippen MR) is 88.1 cm³/mol. The minimum absolute atomic E-state index is 0.287. The molecule has 0 saturated carbocycles. The molecule has 2 aromatic rings. The summed E-state index contributed by atoms with van der Waals surface area (Å²) < 4.78 is 5.34. The lowest BCUT2D eigenvalue weighted by molar-refractivity contribution is 0.100. The number of hydrogen-bond acceptors (Lipinski definition) is 6. The highest BCUT2D eigenvalue weighted by Crippen LogP contribution is 2.25. The Morgan fingerprint density at radius 2 is 1.96 bits per heavy atom. The monoisotopic (exact) mass is 332 g/mol. The normalized spacial score (nSPS) is 14.5.